The SMILES string of the molecule is O=C(CSc1ccc2c(c1)OCCO2)NCC(=O)Nc1ccc(F)cc1. The molecule has 0 spiro atoms. The number of ether oxygens (including phenoxy) is 2. The highest BCUT2D eigenvalue weighted by Crippen LogP contribution is 2.34. The second-order valence-corrected chi connectivity index (χ2v) is 6.47. The lowest BCUT2D eigenvalue weighted by Crippen LogP contribution is -2.33. The number of benzene rings is 2. The second-order valence-electron chi connectivity index (χ2n) is 5.43. The Bertz CT molecular complexity index is 798. The molecule has 0 saturated carbocycles. The Morgan fingerprint density at radius 2 is 1.73 bits per heavy atom. The van der Waals surface area contributed by atoms with E-state index in [1.165, 1.54) is 36.0 Å². The average molecular weight is 376 g/mol. The molecule has 0 unspecified atom stereocenters. The highest BCUT2D eigenvalue weighted by molar-refractivity contribution is 8.00. The molecular formula is C18H17FN2O4S. The molecule has 3 rings (SSSR count). The first-order chi connectivity index (χ1) is 12.6. The van der Waals surface area contributed by atoms with Gasteiger partial charge in [0.05, 0.1) is 12.3 Å². The first-order valence-electron chi connectivity index (χ1n) is 7.95. The fourth-order valence-electron chi connectivity index (χ4n) is 2.23. The van der Waals surface area contributed by atoms with E-state index >= 15 is 0 Å². The summed E-state index contributed by atoms with van der Waals surface area (Å²) in [5.74, 6) is 0.507. The van der Waals surface area contributed by atoms with E-state index in [0.29, 0.717) is 30.4 Å². The zero-order chi connectivity index (χ0) is 18.4. The van der Waals surface area contributed by atoms with E-state index in [1.54, 1.807) is 0 Å². The van der Waals surface area contributed by atoms with Gasteiger partial charge in [-0.25, -0.2) is 4.39 Å². The van der Waals surface area contributed by atoms with Crippen LogP contribution < -0.4 is 20.1 Å². The highest BCUT2D eigenvalue weighted by Gasteiger charge is 2.13. The zero-order valence-electron chi connectivity index (χ0n) is 13.8. The summed E-state index contributed by atoms with van der Waals surface area (Å²) in [5.41, 5.74) is 0.469. The van der Waals surface area contributed by atoms with Crippen LogP contribution in [0.3, 0.4) is 0 Å². The van der Waals surface area contributed by atoms with Crippen molar-refractivity contribution < 1.29 is 23.5 Å². The first kappa shape index (κ1) is 18.1. The van der Waals surface area contributed by atoms with Crippen LogP contribution in [-0.2, 0) is 9.59 Å². The maximum atomic E-state index is 12.8. The summed E-state index contributed by atoms with van der Waals surface area (Å²) >= 11 is 1.34. The lowest BCUT2D eigenvalue weighted by Gasteiger charge is -2.18. The van der Waals surface area contributed by atoms with E-state index in [4.69, 9.17) is 9.47 Å². The van der Waals surface area contributed by atoms with Crippen molar-refractivity contribution in [1.82, 2.24) is 5.32 Å². The van der Waals surface area contributed by atoms with Crippen molar-refractivity contribution in [3.63, 3.8) is 0 Å². The summed E-state index contributed by atoms with van der Waals surface area (Å²) < 4.78 is 23.8. The molecule has 6 nitrogen and oxygen atoms in total. The molecular weight excluding hydrogens is 359 g/mol. The van der Waals surface area contributed by atoms with Gasteiger partial charge in [-0.3, -0.25) is 9.59 Å². The van der Waals surface area contributed by atoms with E-state index in [2.05, 4.69) is 10.6 Å². The smallest absolute Gasteiger partial charge is 0.243 e. The van der Waals surface area contributed by atoms with Gasteiger partial charge in [-0.1, -0.05) is 0 Å². The van der Waals surface area contributed by atoms with Gasteiger partial charge in [0.15, 0.2) is 11.5 Å². The number of thioether (sulfide) groups is 1. The highest BCUT2D eigenvalue weighted by atomic mass is 32.2. The third kappa shape index (κ3) is 5.13. The molecule has 0 radical (unpaired) electrons. The van der Waals surface area contributed by atoms with Crippen LogP contribution in [0.1, 0.15) is 0 Å². The lowest BCUT2D eigenvalue weighted by atomic mass is 10.3. The third-order valence-corrected chi connectivity index (χ3v) is 4.45. The summed E-state index contributed by atoms with van der Waals surface area (Å²) in [6.07, 6.45) is 0. The van der Waals surface area contributed by atoms with Crippen LogP contribution in [0.2, 0.25) is 0 Å². The Balaban J connectivity index is 1.41. The van der Waals surface area contributed by atoms with Gasteiger partial charge in [-0.05, 0) is 42.5 Å². The number of rotatable bonds is 6. The van der Waals surface area contributed by atoms with Gasteiger partial charge in [-0.2, -0.15) is 0 Å². The molecule has 26 heavy (non-hydrogen) atoms. The molecule has 1 aliphatic rings. The van der Waals surface area contributed by atoms with Crippen LogP contribution in [0.25, 0.3) is 0 Å². The fourth-order valence-corrected chi connectivity index (χ4v) is 2.99. The summed E-state index contributed by atoms with van der Waals surface area (Å²) in [6.45, 7) is 0.880. The summed E-state index contributed by atoms with van der Waals surface area (Å²) in [4.78, 5) is 24.5. The predicted octanol–water partition coefficient (Wildman–Crippen LogP) is 2.44. The molecule has 2 aromatic rings. The van der Waals surface area contributed by atoms with E-state index < -0.39 is 0 Å². The largest absolute Gasteiger partial charge is 0.486 e. The fraction of sp³-hybridized carbons (Fsp3) is 0.222. The summed E-state index contributed by atoms with van der Waals surface area (Å²) in [7, 11) is 0. The third-order valence-electron chi connectivity index (χ3n) is 3.46. The van der Waals surface area contributed by atoms with Crippen LogP contribution in [0, 0.1) is 5.82 Å². The van der Waals surface area contributed by atoms with E-state index in [1.807, 2.05) is 18.2 Å². The number of nitrogens with one attached hydrogen (secondary N) is 2. The van der Waals surface area contributed by atoms with Crippen molar-refractivity contribution in [2.45, 2.75) is 4.90 Å². The van der Waals surface area contributed by atoms with E-state index in [-0.39, 0.29) is 29.9 Å². The predicted molar refractivity (Wildman–Crippen MR) is 96.2 cm³/mol. The molecule has 2 N–H and O–H groups in total. The van der Waals surface area contributed by atoms with Gasteiger partial charge in [-0.15, -0.1) is 11.8 Å². The van der Waals surface area contributed by atoms with Gasteiger partial charge in [0.25, 0.3) is 0 Å². The van der Waals surface area contributed by atoms with E-state index in [0.717, 1.165) is 4.90 Å². The number of hydrogen-bond acceptors (Lipinski definition) is 5. The van der Waals surface area contributed by atoms with Crippen molar-refractivity contribution in [1.29, 1.82) is 0 Å². The molecule has 0 aromatic heterocycles. The second kappa shape index (κ2) is 8.57. The minimum absolute atomic E-state index is 0.155. The molecule has 2 amide bonds. The monoisotopic (exact) mass is 376 g/mol. The topological polar surface area (TPSA) is 76.7 Å². The number of carbonyl (C=O) groups is 2. The molecule has 0 aliphatic carbocycles. The minimum Gasteiger partial charge on any atom is -0.486 e. The van der Waals surface area contributed by atoms with Crippen LogP contribution in [0.5, 0.6) is 11.5 Å². The molecule has 0 fully saturated rings. The lowest BCUT2D eigenvalue weighted by molar-refractivity contribution is -0.122. The number of carbonyl (C=O) groups excluding carboxylic acids is 2. The van der Waals surface area contributed by atoms with Crippen LogP contribution in [0.4, 0.5) is 10.1 Å². The standard InChI is InChI=1S/C18H17FN2O4S/c19-12-1-3-13(4-2-12)21-17(22)10-20-18(23)11-26-14-5-6-15-16(9-14)25-8-7-24-15/h1-6,9H,7-8,10-11H2,(H,20,23)(H,21,22). The van der Waals surface area contributed by atoms with Crippen molar-refractivity contribution >= 4 is 29.3 Å². The quantitative estimate of drug-likeness (QED) is 0.758. The van der Waals surface area contributed by atoms with Crippen LogP contribution >= 0.6 is 11.8 Å². The summed E-state index contributed by atoms with van der Waals surface area (Å²) in [5, 5.41) is 5.12. The number of fused-ring (bicyclic) bond motifs is 1. The van der Waals surface area contributed by atoms with Crippen molar-refractivity contribution in [3.05, 3.63) is 48.3 Å². The zero-order valence-corrected chi connectivity index (χ0v) is 14.6. The molecule has 1 heterocycles. The van der Waals surface area contributed by atoms with Gasteiger partial charge < -0.3 is 20.1 Å². The van der Waals surface area contributed by atoms with Crippen molar-refractivity contribution in [3.8, 4) is 11.5 Å². The maximum Gasteiger partial charge on any atom is 0.243 e. The normalized spacial score (nSPS) is 12.3. The number of amides is 2. The van der Waals surface area contributed by atoms with Gasteiger partial charge in [0, 0.05) is 10.6 Å². The Hall–Kier alpha value is -2.74. The van der Waals surface area contributed by atoms with Gasteiger partial charge in [0.2, 0.25) is 11.8 Å². The van der Waals surface area contributed by atoms with Crippen LogP contribution in [-0.4, -0.2) is 37.3 Å². The maximum absolute atomic E-state index is 12.8. The van der Waals surface area contributed by atoms with Gasteiger partial charge >= 0.3 is 0 Å². The molecule has 0 bridgehead atoms. The Morgan fingerprint density at radius 3 is 2.50 bits per heavy atom. The molecule has 0 atom stereocenters. The Labute approximate surface area is 154 Å². The minimum atomic E-state index is -0.382. The number of halogens is 1. The van der Waals surface area contributed by atoms with Crippen LogP contribution in [0.15, 0.2) is 47.4 Å². The average Bonchev–Trinajstić information content (AvgIpc) is 2.66. The van der Waals surface area contributed by atoms with Gasteiger partial charge in [0.1, 0.15) is 19.0 Å². The molecule has 0 saturated heterocycles. The molecule has 2 aromatic carbocycles. The molecule has 8 heteroatoms. The Morgan fingerprint density at radius 1 is 1.00 bits per heavy atom. The Kier molecular flexibility index (Phi) is 5.96. The number of anilines is 1. The molecule has 1 aliphatic heterocycles. The molecule has 136 valence electrons. The first-order valence-corrected chi connectivity index (χ1v) is 8.93. The van der Waals surface area contributed by atoms with Crippen molar-refractivity contribution in [2.75, 3.05) is 30.8 Å². The summed E-state index contributed by atoms with van der Waals surface area (Å²) in [6, 6.07) is 10.9. The van der Waals surface area contributed by atoms with E-state index in [9.17, 15) is 14.0 Å². The number of hydrogen-bond donors (Lipinski definition) is 2. The van der Waals surface area contributed by atoms with Crippen molar-refractivity contribution in [2.24, 2.45) is 0 Å².